The summed E-state index contributed by atoms with van der Waals surface area (Å²) >= 11 is 2.46. The number of aromatic nitrogens is 1. The second kappa shape index (κ2) is 10.3. The number of carboxylic acids is 2. The van der Waals surface area contributed by atoms with Crippen molar-refractivity contribution in [2.24, 2.45) is 11.1 Å². The predicted octanol–water partition coefficient (Wildman–Crippen LogP) is 2.38. The molecule has 2 aliphatic heterocycles. The van der Waals surface area contributed by atoms with E-state index in [1.807, 2.05) is 30.3 Å². The van der Waals surface area contributed by atoms with Gasteiger partial charge in [0.05, 0.1) is 11.3 Å². The summed E-state index contributed by atoms with van der Waals surface area (Å²) in [6.45, 7) is 2.55. The number of anilines is 1. The molecule has 1 saturated heterocycles. The van der Waals surface area contributed by atoms with Crippen molar-refractivity contribution in [2.75, 3.05) is 11.5 Å². The van der Waals surface area contributed by atoms with Crippen molar-refractivity contribution in [1.29, 1.82) is 0 Å². The minimum Gasteiger partial charge on any atom is -0.478 e. The molecule has 13 heteroatoms. The van der Waals surface area contributed by atoms with E-state index in [9.17, 15) is 29.4 Å². The van der Waals surface area contributed by atoms with Gasteiger partial charge in [0, 0.05) is 17.6 Å². The van der Waals surface area contributed by atoms with Gasteiger partial charge in [-0.05, 0) is 31.4 Å². The Hall–Kier alpha value is -3.71. The van der Waals surface area contributed by atoms with Gasteiger partial charge in [-0.3, -0.25) is 14.5 Å². The highest BCUT2D eigenvalue weighted by Gasteiger charge is 2.54. The van der Waals surface area contributed by atoms with Crippen LogP contribution in [0.2, 0.25) is 0 Å². The third kappa shape index (κ3) is 5.37. The molecule has 37 heavy (non-hydrogen) atoms. The average molecular weight is 545 g/mol. The number of β-lactam (4-membered cyclic amide) rings is 1. The van der Waals surface area contributed by atoms with Crippen LogP contribution >= 0.6 is 23.1 Å². The SMILES string of the molecule is CC(C)(O/N=C(\C(=O)C[C@@H]1C(=O)N2C(C(=O)O)=C(Cc3ccccc3)CS[C@H]12)c1csc(N)n1)C(=O)O. The molecule has 0 spiro atoms. The van der Waals surface area contributed by atoms with Crippen LogP contribution in [0.25, 0.3) is 0 Å². The lowest BCUT2D eigenvalue weighted by molar-refractivity contribution is -0.161. The number of carbonyl (C=O) groups is 4. The van der Waals surface area contributed by atoms with Crippen LogP contribution < -0.4 is 5.73 Å². The maximum atomic E-state index is 13.2. The van der Waals surface area contributed by atoms with E-state index in [4.69, 9.17) is 10.6 Å². The van der Waals surface area contributed by atoms with Crippen molar-refractivity contribution in [1.82, 2.24) is 9.88 Å². The number of rotatable bonds is 10. The number of nitrogens with zero attached hydrogens (tertiary/aromatic N) is 3. The largest absolute Gasteiger partial charge is 0.478 e. The van der Waals surface area contributed by atoms with E-state index < -0.39 is 40.5 Å². The summed E-state index contributed by atoms with van der Waals surface area (Å²) in [6.07, 6.45) is 0.120. The summed E-state index contributed by atoms with van der Waals surface area (Å²) in [5.41, 5.74) is 5.33. The summed E-state index contributed by atoms with van der Waals surface area (Å²) in [5.74, 6) is -3.94. The summed E-state index contributed by atoms with van der Waals surface area (Å²) < 4.78 is 0. The highest BCUT2D eigenvalue weighted by molar-refractivity contribution is 8.00. The van der Waals surface area contributed by atoms with Crippen LogP contribution in [0, 0.1) is 5.92 Å². The number of ketones is 1. The molecular formula is C24H24N4O7S2. The Morgan fingerprint density at radius 2 is 1.95 bits per heavy atom. The van der Waals surface area contributed by atoms with Gasteiger partial charge in [0.25, 0.3) is 0 Å². The van der Waals surface area contributed by atoms with Crippen LogP contribution in [-0.2, 0) is 30.4 Å². The second-order valence-electron chi connectivity index (χ2n) is 8.98. The summed E-state index contributed by atoms with van der Waals surface area (Å²) in [5, 5.41) is 24.1. The zero-order valence-electron chi connectivity index (χ0n) is 19.9. The fourth-order valence-electron chi connectivity index (χ4n) is 3.93. The Bertz CT molecular complexity index is 1320. The summed E-state index contributed by atoms with van der Waals surface area (Å²) in [4.78, 5) is 60.3. The summed E-state index contributed by atoms with van der Waals surface area (Å²) in [7, 11) is 0. The Labute approximate surface area is 220 Å². The smallest absolute Gasteiger partial charge is 0.352 e. The highest BCUT2D eigenvalue weighted by Crippen LogP contribution is 2.45. The number of benzene rings is 1. The zero-order valence-corrected chi connectivity index (χ0v) is 21.5. The van der Waals surface area contributed by atoms with Gasteiger partial charge in [-0.2, -0.15) is 0 Å². The number of carboxylic acid groups (broad SMARTS) is 2. The van der Waals surface area contributed by atoms with Crippen LogP contribution in [0.3, 0.4) is 0 Å². The molecule has 0 bridgehead atoms. The van der Waals surface area contributed by atoms with Gasteiger partial charge in [-0.25, -0.2) is 14.6 Å². The van der Waals surface area contributed by atoms with E-state index in [1.54, 1.807) is 0 Å². The molecule has 1 aromatic carbocycles. The lowest BCUT2D eigenvalue weighted by Gasteiger charge is -2.49. The molecule has 2 atom stereocenters. The molecular weight excluding hydrogens is 520 g/mol. The van der Waals surface area contributed by atoms with Crippen LogP contribution in [0.4, 0.5) is 5.13 Å². The number of nitrogens with two attached hydrogens (primary N) is 1. The van der Waals surface area contributed by atoms with E-state index >= 15 is 0 Å². The number of amides is 1. The molecule has 2 aliphatic rings. The first-order chi connectivity index (χ1) is 17.5. The number of Topliss-reactive ketones (excluding diaryl/α,β-unsaturated/α-hetero) is 1. The van der Waals surface area contributed by atoms with Gasteiger partial charge >= 0.3 is 11.9 Å². The van der Waals surface area contributed by atoms with E-state index in [0.29, 0.717) is 17.7 Å². The van der Waals surface area contributed by atoms with E-state index in [2.05, 4.69) is 10.1 Å². The molecule has 1 fully saturated rings. The lowest BCUT2D eigenvalue weighted by Crippen LogP contribution is -2.62. The molecule has 4 rings (SSSR count). The van der Waals surface area contributed by atoms with Crippen LogP contribution in [0.5, 0.6) is 0 Å². The number of oxime groups is 1. The molecule has 0 aliphatic carbocycles. The fraction of sp³-hybridized carbons (Fsp3) is 0.333. The van der Waals surface area contributed by atoms with Crippen molar-refractivity contribution in [3.63, 3.8) is 0 Å². The fourth-order valence-corrected chi connectivity index (χ4v) is 5.89. The highest BCUT2D eigenvalue weighted by atomic mass is 32.2. The standard InChI is InChI=1S/C24H24N4O7S2/c1-24(2,22(33)34)35-27-17(15-11-37-23(25)26-15)16(29)9-14-19(30)28-18(21(31)32)13(10-36-20(14)28)8-12-6-4-3-5-7-12/h3-7,11,14,20H,8-10H2,1-2H3,(H2,25,26)(H,31,32)(H,33,34)/b27-17-/t14-,20-/m1/s1. The van der Waals surface area contributed by atoms with Crippen LogP contribution in [0.1, 0.15) is 31.5 Å². The van der Waals surface area contributed by atoms with Crippen LogP contribution in [0.15, 0.2) is 52.1 Å². The normalized spacial score (nSPS) is 19.8. The lowest BCUT2D eigenvalue weighted by atomic mass is 9.88. The van der Waals surface area contributed by atoms with Crippen molar-refractivity contribution < 1.29 is 34.2 Å². The van der Waals surface area contributed by atoms with Gasteiger partial charge in [-0.1, -0.05) is 35.5 Å². The molecule has 1 amide bonds. The number of carbonyl (C=O) groups excluding carboxylic acids is 2. The summed E-state index contributed by atoms with van der Waals surface area (Å²) in [6, 6.07) is 9.38. The minimum absolute atomic E-state index is 0.0472. The molecule has 3 heterocycles. The van der Waals surface area contributed by atoms with Crippen molar-refractivity contribution >= 4 is 57.6 Å². The Morgan fingerprint density at radius 3 is 2.54 bits per heavy atom. The Balaban J connectivity index is 1.55. The minimum atomic E-state index is -1.72. The zero-order chi connectivity index (χ0) is 26.9. The first kappa shape index (κ1) is 26.4. The molecule has 4 N–H and O–H groups in total. The van der Waals surface area contributed by atoms with E-state index in [-0.39, 0.29) is 28.7 Å². The van der Waals surface area contributed by atoms with Gasteiger partial charge in [0.2, 0.25) is 11.5 Å². The Morgan fingerprint density at radius 1 is 1.24 bits per heavy atom. The number of hydrogen-bond acceptors (Lipinski definition) is 10. The van der Waals surface area contributed by atoms with Crippen molar-refractivity contribution in [2.45, 2.75) is 37.7 Å². The first-order valence-corrected chi connectivity index (χ1v) is 13.1. The number of thiazole rings is 1. The number of hydrogen-bond donors (Lipinski definition) is 3. The molecule has 1 aromatic heterocycles. The van der Waals surface area contributed by atoms with Crippen LogP contribution in [-0.4, -0.2) is 66.2 Å². The van der Waals surface area contributed by atoms with E-state index in [1.165, 1.54) is 35.9 Å². The Kier molecular flexibility index (Phi) is 7.37. The first-order valence-electron chi connectivity index (χ1n) is 11.2. The van der Waals surface area contributed by atoms with Crippen molar-refractivity contribution in [3.05, 3.63) is 58.2 Å². The maximum absolute atomic E-state index is 13.2. The molecule has 0 unspecified atom stereocenters. The topological polar surface area (TPSA) is 172 Å². The number of aliphatic carboxylic acids is 2. The number of fused-ring (bicyclic) bond motifs is 1. The molecule has 194 valence electrons. The average Bonchev–Trinajstić information content (AvgIpc) is 3.28. The van der Waals surface area contributed by atoms with E-state index in [0.717, 1.165) is 16.9 Å². The maximum Gasteiger partial charge on any atom is 0.352 e. The molecule has 11 nitrogen and oxygen atoms in total. The monoisotopic (exact) mass is 544 g/mol. The third-order valence-corrected chi connectivity index (χ3v) is 8.00. The third-order valence-electron chi connectivity index (χ3n) is 5.93. The number of nitrogen functional groups attached to an aromatic ring is 1. The second-order valence-corrected chi connectivity index (χ2v) is 11.0. The number of thioether (sulfide) groups is 1. The van der Waals surface area contributed by atoms with Gasteiger partial charge in [-0.15, -0.1) is 23.1 Å². The molecule has 0 saturated carbocycles. The van der Waals surface area contributed by atoms with Crippen molar-refractivity contribution in [3.8, 4) is 0 Å². The van der Waals surface area contributed by atoms with Gasteiger partial charge in [0.15, 0.2) is 16.6 Å². The molecule has 0 radical (unpaired) electrons. The molecule has 2 aromatic rings. The van der Waals surface area contributed by atoms with Gasteiger partial charge < -0.3 is 20.8 Å². The van der Waals surface area contributed by atoms with Gasteiger partial charge in [0.1, 0.15) is 11.4 Å². The predicted molar refractivity (Wildman–Crippen MR) is 137 cm³/mol. The quantitative estimate of drug-likeness (QED) is 0.229.